The van der Waals surface area contributed by atoms with E-state index in [1.165, 1.54) is 16.2 Å². The third-order valence-electron chi connectivity index (χ3n) is 4.46. The number of hydrogen-bond donors (Lipinski definition) is 1. The third kappa shape index (κ3) is 4.29. The maximum absolute atomic E-state index is 12.8. The summed E-state index contributed by atoms with van der Waals surface area (Å²) >= 11 is 7.36. The van der Waals surface area contributed by atoms with E-state index >= 15 is 0 Å². The van der Waals surface area contributed by atoms with Gasteiger partial charge >= 0.3 is 0 Å². The summed E-state index contributed by atoms with van der Waals surface area (Å²) in [5.41, 5.74) is 0.562. The molecule has 148 valence electrons. The van der Waals surface area contributed by atoms with Crippen LogP contribution in [-0.4, -0.2) is 41.0 Å². The van der Waals surface area contributed by atoms with E-state index in [0.717, 1.165) is 4.88 Å². The second-order valence-electron chi connectivity index (χ2n) is 6.79. The van der Waals surface area contributed by atoms with E-state index in [2.05, 4.69) is 0 Å². The molecule has 1 saturated heterocycles. The molecule has 2 heterocycles. The molecule has 1 aliphatic heterocycles. The topological polar surface area (TPSA) is 66.8 Å². The number of aliphatic hydroxyl groups is 1. The predicted octanol–water partition coefficient (Wildman–Crippen LogP) is 4.64. The van der Waals surface area contributed by atoms with E-state index in [0.29, 0.717) is 30.2 Å². The van der Waals surface area contributed by atoms with Crippen LogP contribution in [0.5, 0.6) is 0 Å². The number of amides is 1. The van der Waals surface area contributed by atoms with Crippen LogP contribution in [0.4, 0.5) is 0 Å². The molecule has 0 unspecified atom stereocenters. The van der Waals surface area contributed by atoms with Gasteiger partial charge in [-0.1, -0.05) is 17.7 Å². The number of Topliss-reactive ketones (excluding diaryl/α,β-unsaturated/α-hetero) is 1. The first-order chi connectivity index (χ1) is 13.4. The molecule has 2 aromatic rings. The van der Waals surface area contributed by atoms with Crippen LogP contribution < -0.4 is 0 Å². The number of ketones is 1. The average molecular weight is 420 g/mol. The molecule has 0 radical (unpaired) electrons. The Balaban J connectivity index is 1.96. The molecule has 7 heteroatoms. The zero-order valence-corrected chi connectivity index (χ0v) is 17.3. The van der Waals surface area contributed by atoms with Crippen LogP contribution in [0.25, 0.3) is 5.76 Å². The Hall–Kier alpha value is -2.15. The van der Waals surface area contributed by atoms with Crippen molar-refractivity contribution in [3.63, 3.8) is 0 Å². The zero-order valence-electron chi connectivity index (χ0n) is 15.7. The van der Waals surface area contributed by atoms with E-state index in [1.54, 1.807) is 24.3 Å². The number of carbonyl (C=O) groups excluding carboxylic acids is 2. The number of benzene rings is 1. The summed E-state index contributed by atoms with van der Waals surface area (Å²) in [6.07, 6.45) is 0.710. The molecule has 1 N–H and O–H groups in total. The van der Waals surface area contributed by atoms with Gasteiger partial charge < -0.3 is 14.7 Å². The minimum absolute atomic E-state index is 0.105. The van der Waals surface area contributed by atoms with Gasteiger partial charge in [-0.2, -0.15) is 0 Å². The minimum atomic E-state index is -0.671. The van der Waals surface area contributed by atoms with Crippen LogP contribution in [0.3, 0.4) is 0 Å². The Labute approximate surface area is 173 Å². The minimum Gasteiger partial charge on any atom is -0.507 e. The predicted molar refractivity (Wildman–Crippen MR) is 110 cm³/mol. The Morgan fingerprint density at radius 1 is 1.25 bits per heavy atom. The van der Waals surface area contributed by atoms with Gasteiger partial charge in [0.15, 0.2) is 0 Å². The highest BCUT2D eigenvalue weighted by Gasteiger charge is 2.46. The lowest BCUT2D eigenvalue weighted by Gasteiger charge is -2.24. The average Bonchev–Trinajstić information content (AvgIpc) is 3.27. The van der Waals surface area contributed by atoms with Crippen molar-refractivity contribution < 1.29 is 19.4 Å². The van der Waals surface area contributed by atoms with E-state index < -0.39 is 17.7 Å². The lowest BCUT2D eigenvalue weighted by molar-refractivity contribution is -0.140. The largest absolute Gasteiger partial charge is 0.507 e. The van der Waals surface area contributed by atoms with Gasteiger partial charge in [-0.05, 0) is 56.0 Å². The van der Waals surface area contributed by atoms with Gasteiger partial charge in [-0.15, -0.1) is 11.3 Å². The molecule has 1 atom stereocenters. The Morgan fingerprint density at radius 2 is 1.96 bits per heavy atom. The molecule has 1 aromatic carbocycles. The molecule has 1 aliphatic rings. The first-order valence-corrected chi connectivity index (χ1v) is 10.3. The van der Waals surface area contributed by atoms with Crippen LogP contribution in [0.15, 0.2) is 47.4 Å². The number of thiophene rings is 1. The van der Waals surface area contributed by atoms with Crippen LogP contribution in [0.1, 0.15) is 36.8 Å². The lowest BCUT2D eigenvalue weighted by Crippen LogP contribution is -2.31. The van der Waals surface area contributed by atoms with E-state index in [9.17, 15) is 14.7 Å². The van der Waals surface area contributed by atoms with Gasteiger partial charge in [-0.3, -0.25) is 9.59 Å². The van der Waals surface area contributed by atoms with Crippen molar-refractivity contribution in [3.8, 4) is 0 Å². The number of aliphatic hydroxyl groups excluding tert-OH is 1. The van der Waals surface area contributed by atoms with Crippen LogP contribution in [0.2, 0.25) is 5.02 Å². The second-order valence-corrected chi connectivity index (χ2v) is 8.20. The zero-order chi connectivity index (χ0) is 20.3. The highest BCUT2D eigenvalue weighted by molar-refractivity contribution is 7.10. The van der Waals surface area contributed by atoms with Crippen LogP contribution in [-0.2, 0) is 14.3 Å². The highest BCUT2D eigenvalue weighted by Crippen LogP contribution is 2.41. The van der Waals surface area contributed by atoms with E-state index in [1.807, 2.05) is 31.4 Å². The van der Waals surface area contributed by atoms with Crippen LogP contribution >= 0.6 is 22.9 Å². The maximum atomic E-state index is 12.8. The van der Waals surface area contributed by atoms with Crippen molar-refractivity contribution in [1.82, 2.24) is 4.90 Å². The van der Waals surface area contributed by atoms with Crippen molar-refractivity contribution in [2.45, 2.75) is 32.4 Å². The summed E-state index contributed by atoms with van der Waals surface area (Å²) in [5.74, 6) is -1.46. The Bertz CT molecular complexity index is 874. The van der Waals surface area contributed by atoms with Crippen molar-refractivity contribution in [2.24, 2.45) is 0 Å². The first-order valence-electron chi connectivity index (χ1n) is 9.09. The third-order valence-corrected chi connectivity index (χ3v) is 5.64. The normalized spacial score (nSPS) is 19.0. The number of hydrogen-bond acceptors (Lipinski definition) is 5. The highest BCUT2D eigenvalue weighted by atomic mass is 35.5. The van der Waals surface area contributed by atoms with Crippen LogP contribution in [0, 0.1) is 0 Å². The number of ether oxygens (including phenoxy) is 1. The molecule has 5 nitrogen and oxygen atoms in total. The number of rotatable bonds is 7. The van der Waals surface area contributed by atoms with Gasteiger partial charge in [0.2, 0.25) is 0 Å². The van der Waals surface area contributed by atoms with Gasteiger partial charge in [0.05, 0.1) is 17.7 Å². The van der Waals surface area contributed by atoms with Gasteiger partial charge in [0.25, 0.3) is 11.7 Å². The van der Waals surface area contributed by atoms with Crippen molar-refractivity contribution in [2.75, 3.05) is 13.2 Å². The van der Waals surface area contributed by atoms with Gasteiger partial charge in [0.1, 0.15) is 5.76 Å². The van der Waals surface area contributed by atoms with Crippen molar-refractivity contribution in [1.29, 1.82) is 0 Å². The lowest BCUT2D eigenvalue weighted by atomic mass is 10.00. The number of nitrogens with zero attached hydrogens (tertiary/aromatic N) is 1. The van der Waals surface area contributed by atoms with Crippen molar-refractivity contribution in [3.05, 3.63) is 62.8 Å². The molecule has 1 aromatic heterocycles. The maximum Gasteiger partial charge on any atom is 0.295 e. The Kier molecular flexibility index (Phi) is 6.54. The summed E-state index contributed by atoms with van der Waals surface area (Å²) in [4.78, 5) is 27.9. The van der Waals surface area contributed by atoms with E-state index in [4.69, 9.17) is 16.3 Å². The number of likely N-dealkylation sites (tertiary alicyclic amines) is 1. The monoisotopic (exact) mass is 419 g/mol. The van der Waals surface area contributed by atoms with E-state index in [-0.39, 0.29) is 17.4 Å². The number of halogens is 1. The standard InChI is InChI=1S/C21H22ClNO4S/c1-13(2)27-11-4-10-23-18(16-5-3-12-28-16)17(20(25)21(23)26)19(24)14-6-8-15(22)9-7-14/h3,5-9,12-13,18,24H,4,10-11H2,1-2H3/t18-/m1/s1. The van der Waals surface area contributed by atoms with Crippen molar-refractivity contribution >= 4 is 40.4 Å². The summed E-state index contributed by atoms with van der Waals surface area (Å²) in [7, 11) is 0. The summed E-state index contributed by atoms with van der Waals surface area (Å²) in [6, 6.07) is 9.67. The summed E-state index contributed by atoms with van der Waals surface area (Å²) in [6.45, 7) is 4.76. The molecule has 3 rings (SSSR count). The molecular weight excluding hydrogens is 398 g/mol. The van der Waals surface area contributed by atoms with Gasteiger partial charge in [0, 0.05) is 28.6 Å². The smallest absolute Gasteiger partial charge is 0.295 e. The fraction of sp³-hybridized carbons (Fsp3) is 0.333. The molecular formula is C21H22ClNO4S. The number of carbonyl (C=O) groups is 2. The fourth-order valence-electron chi connectivity index (χ4n) is 3.17. The molecule has 28 heavy (non-hydrogen) atoms. The molecule has 0 bridgehead atoms. The summed E-state index contributed by atoms with van der Waals surface area (Å²) < 4.78 is 5.55. The molecule has 0 aliphatic carbocycles. The fourth-order valence-corrected chi connectivity index (χ4v) is 4.14. The molecule has 0 spiro atoms. The quantitative estimate of drug-likeness (QED) is 0.307. The first kappa shape index (κ1) is 20.6. The summed E-state index contributed by atoms with van der Waals surface area (Å²) in [5, 5.41) is 13.3. The molecule has 0 saturated carbocycles. The molecule has 1 fully saturated rings. The van der Waals surface area contributed by atoms with Gasteiger partial charge in [-0.25, -0.2) is 0 Å². The SMILES string of the molecule is CC(C)OCCCN1C(=O)C(=O)C(=C(O)c2ccc(Cl)cc2)[C@H]1c1cccs1. The Morgan fingerprint density at radius 3 is 2.57 bits per heavy atom. The molecule has 1 amide bonds. The second kappa shape index (κ2) is 8.90.